The maximum atomic E-state index is 12.2. The first-order chi connectivity index (χ1) is 9.81. The zero-order chi connectivity index (χ0) is 15.6. The quantitative estimate of drug-likeness (QED) is 0.610. The molecule has 0 spiro atoms. The van der Waals surface area contributed by atoms with Crippen LogP contribution in [-0.2, 0) is 14.8 Å². The predicted octanol–water partition coefficient (Wildman–Crippen LogP) is -1.09. The van der Waals surface area contributed by atoms with Crippen molar-refractivity contribution < 1.29 is 23.4 Å². The first-order valence-corrected chi connectivity index (χ1v) is 9.20. The SMILES string of the molecule is CS(=O)(=O)N1CCC(C(=O)N[C@@H]2C[C@H](CO)[C@H](O)C2)CC1. The number of nitrogens with one attached hydrogen (secondary N) is 1. The van der Waals surface area contributed by atoms with E-state index in [1.54, 1.807) is 0 Å². The normalized spacial score (nSPS) is 32.2. The summed E-state index contributed by atoms with van der Waals surface area (Å²) in [5.74, 6) is -0.408. The molecule has 2 fully saturated rings. The lowest BCUT2D eigenvalue weighted by molar-refractivity contribution is -0.126. The highest BCUT2D eigenvalue weighted by atomic mass is 32.2. The highest BCUT2D eigenvalue weighted by Crippen LogP contribution is 2.27. The Kier molecular flexibility index (Phi) is 5.24. The molecule has 7 nitrogen and oxygen atoms in total. The first-order valence-electron chi connectivity index (χ1n) is 7.35. The Bertz CT molecular complexity index is 473. The van der Waals surface area contributed by atoms with E-state index in [2.05, 4.69) is 5.32 Å². The van der Waals surface area contributed by atoms with E-state index in [9.17, 15) is 18.3 Å². The lowest BCUT2D eigenvalue weighted by Crippen LogP contribution is -2.44. The van der Waals surface area contributed by atoms with Crippen LogP contribution in [0.4, 0.5) is 0 Å². The minimum absolute atomic E-state index is 0.0692. The molecule has 3 atom stereocenters. The van der Waals surface area contributed by atoms with Crippen LogP contribution < -0.4 is 5.32 Å². The van der Waals surface area contributed by atoms with Gasteiger partial charge in [-0.3, -0.25) is 4.79 Å². The van der Waals surface area contributed by atoms with E-state index in [1.165, 1.54) is 10.6 Å². The minimum atomic E-state index is -3.17. The fourth-order valence-corrected chi connectivity index (χ4v) is 4.06. The van der Waals surface area contributed by atoms with Crippen molar-refractivity contribution in [2.75, 3.05) is 26.0 Å². The lowest BCUT2D eigenvalue weighted by Gasteiger charge is -2.30. The van der Waals surface area contributed by atoms with Gasteiger partial charge in [-0.25, -0.2) is 12.7 Å². The van der Waals surface area contributed by atoms with Crippen molar-refractivity contribution in [1.82, 2.24) is 9.62 Å². The molecule has 0 bridgehead atoms. The highest BCUT2D eigenvalue weighted by molar-refractivity contribution is 7.88. The predicted molar refractivity (Wildman–Crippen MR) is 76.9 cm³/mol. The van der Waals surface area contributed by atoms with Crippen molar-refractivity contribution >= 4 is 15.9 Å². The third-order valence-electron chi connectivity index (χ3n) is 4.53. The Morgan fingerprint density at radius 3 is 2.38 bits per heavy atom. The third kappa shape index (κ3) is 4.15. The van der Waals surface area contributed by atoms with Gasteiger partial charge in [-0.05, 0) is 25.7 Å². The Hall–Kier alpha value is -0.700. The number of aliphatic hydroxyl groups is 2. The lowest BCUT2D eigenvalue weighted by atomic mass is 9.96. The van der Waals surface area contributed by atoms with Gasteiger partial charge in [-0.15, -0.1) is 0 Å². The molecule has 1 saturated heterocycles. The second-order valence-corrected chi connectivity index (χ2v) is 8.11. The van der Waals surface area contributed by atoms with Crippen molar-refractivity contribution in [2.24, 2.45) is 11.8 Å². The van der Waals surface area contributed by atoms with Crippen LogP contribution in [0.15, 0.2) is 0 Å². The second-order valence-electron chi connectivity index (χ2n) is 6.12. The van der Waals surface area contributed by atoms with E-state index in [0.29, 0.717) is 38.8 Å². The van der Waals surface area contributed by atoms with Gasteiger partial charge < -0.3 is 15.5 Å². The molecule has 1 amide bonds. The molecule has 0 aromatic carbocycles. The average molecular weight is 320 g/mol. The Morgan fingerprint density at radius 2 is 1.90 bits per heavy atom. The van der Waals surface area contributed by atoms with Crippen LogP contribution in [0.25, 0.3) is 0 Å². The zero-order valence-corrected chi connectivity index (χ0v) is 13.1. The highest BCUT2D eigenvalue weighted by Gasteiger charge is 2.35. The van der Waals surface area contributed by atoms with Gasteiger partial charge in [0.15, 0.2) is 0 Å². The number of rotatable bonds is 4. The minimum Gasteiger partial charge on any atom is -0.396 e. The van der Waals surface area contributed by atoms with Gasteiger partial charge in [0, 0.05) is 37.6 Å². The summed E-state index contributed by atoms with van der Waals surface area (Å²) in [5, 5.41) is 21.7. The summed E-state index contributed by atoms with van der Waals surface area (Å²) < 4.78 is 24.2. The van der Waals surface area contributed by atoms with Crippen LogP contribution in [0, 0.1) is 11.8 Å². The Morgan fingerprint density at radius 1 is 1.29 bits per heavy atom. The fraction of sp³-hybridized carbons (Fsp3) is 0.923. The van der Waals surface area contributed by atoms with Gasteiger partial charge in [0.05, 0.1) is 12.4 Å². The number of sulfonamides is 1. The van der Waals surface area contributed by atoms with E-state index >= 15 is 0 Å². The summed E-state index contributed by atoms with van der Waals surface area (Å²) in [6.45, 7) is 0.688. The number of carbonyl (C=O) groups excluding carboxylic acids is 1. The largest absolute Gasteiger partial charge is 0.396 e. The number of hydrogen-bond acceptors (Lipinski definition) is 5. The maximum absolute atomic E-state index is 12.2. The van der Waals surface area contributed by atoms with Crippen molar-refractivity contribution in [3.05, 3.63) is 0 Å². The summed E-state index contributed by atoms with van der Waals surface area (Å²) >= 11 is 0. The molecule has 0 aromatic rings. The van der Waals surface area contributed by atoms with Gasteiger partial charge >= 0.3 is 0 Å². The van der Waals surface area contributed by atoms with Gasteiger partial charge in [0.2, 0.25) is 15.9 Å². The molecule has 21 heavy (non-hydrogen) atoms. The van der Waals surface area contributed by atoms with Crippen molar-refractivity contribution in [1.29, 1.82) is 0 Å². The first kappa shape index (κ1) is 16.7. The molecule has 0 unspecified atom stereocenters. The molecule has 1 saturated carbocycles. The molecular weight excluding hydrogens is 296 g/mol. The van der Waals surface area contributed by atoms with Gasteiger partial charge in [-0.2, -0.15) is 0 Å². The van der Waals surface area contributed by atoms with Crippen LogP contribution in [0.3, 0.4) is 0 Å². The summed E-state index contributed by atoms with van der Waals surface area (Å²) in [4.78, 5) is 12.2. The third-order valence-corrected chi connectivity index (χ3v) is 5.84. The summed E-state index contributed by atoms with van der Waals surface area (Å²) in [6.07, 6.45) is 2.73. The standard InChI is InChI=1S/C13H24N2O5S/c1-21(19,20)15-4-2-9(3-5-15)13(18)14-11-6-10(8-16)12(17)7-11/h9-12,16-17H,2-8H2,1H3,(H,14,18)/t10-,11-,12-/m1/s1. The molecule has 8 heteroatoms. The molecule has 1 aliphatic heterocycles. The van der Waals surface area contributed by atoms with E-state index in [-0.39, 0.29) is 30.4 Å². The average Bonchev–Trinajstić information content (AvgIpc) is 2.78. The van der Waals surface area contributed by atoms with Gasteiger partial charge in [-0.1, -0.05) is 0 Å². The van der Waals surface area contributed by atoms with Crippen molar-refractivity contribution in [3.8, 4) is 0 Å². The molecule has 2 rings (SSSR count). The number of aliphatic hydroxyl groups excluding tert-OH is 2. The van der Waals surface area contributed by atoms with Crippen LogP contribution in [0.1, 0.15) is 25.7 Å². The number of carbonyl (C=O) groups is 1. The summed E-state index contributed by atoms with van der Waals surface area (Å²) in [7, 11) is -3.17. The topological polar surface area (TPSA) is 107 Å². The molecule has 1 aliphatic carbocycles. The fourth-order valence-electron chi connectivity index (χ4n) is 3.19. The van der Waals surface area contributed by atoms with E-state index < -0.39 is 16.1 Å². The van der Waals surface area contributed by atoms with Crippen LogP contribution in [0.5, 0.6) is 0 Å². The monoisotopic (exact) mass is 320 g/mol. The molecule has 0 radical (unpaired) electrons. The Balaban J connectivity index is 1.81. The smallest absolute Gasteiger partial charge is 0.223 e. The molecule has 3 N–H and O–H groups in total. The Labute approximate surface area is 125 Å². The van der Waals surface area contributed by atoms with Crippen molar-refractivity contribution in [2.45, 2.75) is 37.8 Å². The van der Waals surface area contributed by atoms with Crippen LogP contribution in [0.2, 0.25) is 0 Å². The second kappa shape index (κ2) is 6.60. The molecule has 122 valence electrons. The zero-order valence-electron chi connectivity index (χ0n) is 12.2. The van der Waals surface area contributed by atoms with Gasteiger partial charge in [0.1, 0.15) is 0 Å². The van der Waals surface area contributed by atoms with E-state index in [0.717, 1.165) is 0 Å². The molecular formula is C13H24N2O5S. The van der Waals surface area contributed by atoms with Crippen molar-refractivity contribution in [3.63, 3.8) is 0 Å². The number of nitrogens with zero attached hydrogens (tertiary/aromatic N) is 1. The molecule has 0 aromatic heterocycles. The summed E-state index contributed by atoms with van der Waals surface area (Å²) in [6, 6.07) is -0.0995. The van der Waals surface area contributed by atoms with E-state index in [1.807, 2.05) is 0 Å². The van der Waals surface area contributed by atoms with Crippen LogP contribution >= 0.6 is 0 Å². The van der Waals surface area contributed by atoms with Crippen LogP contribution in [-0.4, -0.2) is 66.9 Å². The summed E-state index contributed by atoms with van der Waals surface area (Å²) in [5.41, 5.74) is 0. The maximum Gasteiger partial charge on any atom is 0.223 e. The van der Waals surface area contributed by atoms with Gasteiger partial charge in [0.25, 0.3) is 0 Å². The van der Waals surface area contributed by atoms with E-state index in [4.69, 9.17) is 5.11 Å². The number of amides is 1. The number of hydrogen-bond donors (Lipinski definition) is 3. The molecule has 1 heterocycles. The molecule has 2 aliphatic rings. The number of piperidine rings is 1.